The van der Waals surface area contributed by atoms with Crippen LogP contribution < -0.4 is 0 Å². The van der Waals surface area contributed by atoms with E-state index in [2.05, 4.69) is 4.57 Å². The zero-order valence-corrected chi connectivity index (χ0v) is 16.5. The molecule has 1 aromatic heterocycles. The fraction of sp³-hybridized carbons (Fsp3) is 0.304. The summed E-state index contributed by atoms with van der Waals surface area (Å²) in [5, 5.41) is 0. The second-order valence-corrected chi connectivity index (χ2v) is 7.01. The first-order valence-corrected chi connectivity index (χ1v) is 9.59. The number of aromatic nitrogens is 1. The molecule has 3 rings (SSSR count). The van der Waals surface area contributed by atoms with Crippen molar-refractivity contribution in [1.82, 2.24) is 9.47 Å². The van der Waals surface area contributed by atoms with Crippen molar-refractivity contribution >= 4 is 0 Å². The Morgan fingerprint density at radius 2 is 1.62 bits per heavy atom. The number of nitrogens with zero attached hydrogens (tertiary/aromatic N) is 2. The van der Waals surface area contributed by atoms with Gasteiger partial charge in [-0.15, -0.1) is 0 Å². The number of hydrogen-bond donors (Lipinski definition) is 0. The molecule has 6 heteroatoms. The fourth-order valence-electron chi connectivity index (χ4n) is 3.32. The first-order chi connectivity index (χ1) is 14.1. The highest BCUT2D eigenvalue weighted by atomic mass is 19.1. The van der Waals surface area contributed by atoms with E-state index in [1.165, 1.54) is 30.3 Å². The minimum atomic E-state index is -0.538. The molecule has 0 unspecified atom stereocenters. The lowest BCUT2D eigenvalue weighted by molar-refractivity contribution is 0.164. The Morgan fingerprint density at radius 1 is 0.897 bits per heavy atom. The van der Waals surface area contributed by atoms with Crippen LogP contribution in [0.4, 0.5) is 13.2 Å². The van der Waals surface area contributed by atoms with Gasteiger partial charge in [0.1, 0.15) is 17.5 Å². The van der Waals surface area contributed by atoms with Crippen LogP contribution in [0.2, 0.25) is 0 Å². The van der Waals surface area contributed by atoms with E-state index in [1.54, 1.807) is 19.2 Å². The van der Waals surface area contributed by atoms with Gasteiger partial charge in [0.25, 0.3) is 0 Å². The number of halogens is 3. The molecule has 0 N–H and O–H groups in total. The van der Waals surface area contributed by atoms with E-state index < -0.39 is 11.6 Å². The van der Waals surface area contributed by atoms with E-state index >= 15 is 0 Å². The summed E-state index contributed by atoms with van der Waals surface area (Å²) in [6.07, 6.45) is 2.71. The van der Waals surface area contributed by atoms with Gasteiger partial charge in [0.15, 0.2) is 0 Å². The zero-order chi connectivity index (χ0) is 20.6. The quantitative estimate of drug-likeness (QED) is 0.445. The molecule has 0 fully saturated rings. The number of benzene rings is 2. The predicted molar refractivity (Wildman–Crippen MR) is 107 cm³/mol. The molecular formula is C23H25F3N2O. The van der Waals surface area contributed by atoms with Gasteiger partial charge in [-0.2, -0.15) is 0 Å². The maximum atomic E-state index is 14.2. The maximum Gasteiger partial charge on any atom is 0.130 e. The molecule has 0 aliphatic rings. The summed E-state index contributed by atoms with van der Waals surface area (Å²) in [5.41, 5.74) is 2.07. The molecule has 0 bridgehead atoms. The van der Waals surface area contributed by atoms with Crippen molar-refractivity contribution in [2.45, 2.75) is 26.1 Å². The van der Waals surface area contributed by atoms with Crippen LogP contribution in [0.5, 0.6) is 0 Å². The average molecular weight is 402 g/mol. The molecule has 0 spiro atoms. The summed E-state index contributed by atoms with van der Waals surface area (Å²) in [5.74, 6) is -1.34. The summed E-state index contributed by atoms with van der Waals surface area (Å²) in [6, 6.07) is 14.3. The first-order valence-electron chi connectivity index (χ1n) is 9.59. The van der Waals surface area contributed by atoms with Gasteiger partial charge >= 0.3 is 0 Å². The lowest BCUT2D eigenvalue weighted by Crippen LogP contribution is -2.27. The van der Waals surface area contributed by atoms with Crippen LogP contribution in [0.3, 0.4) is 0 Å². The Hall–Kier alpha value is -2.57. The number of ether oxygens (including phenoxy) is 1. The van der Waals surface area contributed by atoms with Gasteiger partial charge in [0, 0.05) is 57.3 Å². The van der Waals surface area contributed by atoms with Gasteiger partial charge in [-0.3, -0.25) is 4.90 Å². The molecule has 0 aliphatic carbocycles. The molecule has 2 aromatic carbocycles. The Labute approximate surface area is 169 Å². The lowest BCUT2D eigenvalue weighted by Gasteiger charge is -2.24. The zero-order valence-electron chi connectivity index (χ0n) is 16.5. The molecule has 0 saturated carbocycles. The molecule has 0 amide bonds. The van der Waals surface area contributed by atoms with Crippen LogP contribution in [0.1, 0.15) is 23.2 Å². The molecule has 154 valence electrons. The first kappa shape index (κ1) is 21.1. The molecule has 1 heterocycles. The molecule has 3 nitrogen and oxygen atoms in total. The minimum absolute atomic E-state index is 0.0709. The topological polar surface area (TPSA) is 17.4 Å². The number of hydrogen-bond acceptors (Lipinski definition) is 2. The molecule has 0 atom stereocenters. The summed E-state index contributed by atoms with van der Waals surface area (Å²) in [4.78, 5) is 2.01. The third-order valence-corrected chi connectivity index (χ3v) is 4.84. The van der Waals surface area contributed by atoms with Crippen molar-refractivity contribution in [1.29, 1.82) is 0 Å². The molecule has 0 saturated heterocycles. The SMILES string of the molecule is COCCCN(Cc1c(F)cccc1F)Cc1cccn1Cc1ccc(F)cc1. The Kier molecular flexibility index (Phi) is 7.49. The van der Waals surface area contributed by atoms with E-state index in [-0.39, 0.29) is 17.9 Å². The maximum absolute atomic E-state index is 14.2. The average Bonchev–Trinajstić information content (AvgIpc) is 3.13. The monoisotopic (exact) mass is 402 g/mol. The van der Waals surface area contributed by atoms with E-state index in [9.17, 15) is 13.2 Å². The van der Waals surface area contributed by atoms with Gasteiger partial charge in [-0.25, -0.2) is 13.2 Å². The molecule has 0 radical (unpaired) electrons. The molecule has 29 heavy (non-hydrogen) atoms. The third kappa shape index (κ3) is 5.95. The number of rotatable bonds is 10. The summed E-state index contributed by atoms with van der Waals surface area (Å²) < 4.78 is 48.6. The molecule has 0 aliphatic heterocycles. The van der Waals surface area contributed by atoms with Crippen LogP contribution in [-0.4, -0.2) is 29.7 Å². The Morgan fingerprint density at radius 3 is 2.31 bits per heavy atom. The van der Waals surface area contributed by atoms with Crippen molar-refractivity contribution in [2.24, 2.45) is 0 Å². The predicted octanol–water partition coefficient (Wildman–Crippen LogP) is 4.99. The lowest BCUT2D eigenvalue weighted by atomic mass is 10.1. The van der Waals surface area contributed by atoms with E-state index in [0.717, 1.165) is 17.7 Å². The van der Waals surface area contributed by atoms with Gasteiger partial charge in [-0.1, -0.05) is 18.2 Å². The Balaban J connectivity index is 1.75. The van der Waals surface area contributed by atoms with Crippen molar-refractivity contribution in [2.75, 3.05) is 20.3 Å². The van der Waals surface area contributed by atoms with Crippen molar-refractivity contribution in [3.8, 4) is 0 Å². The highest BCUT2D eigenvalue weighted by Gasteiger charge is 2.15. The summed E-state index contributed by atoms with van der Waals surface area (Å²) in [7, 11) is 1.63. The highest BCUT2D eigenvalue weighted by molar-refractivity contribution is 5.21. The molecular weight excluding hydrogens is 377 g/mol. The minimum Gasteiger partial charge on any atom is -0.385 e. The van der Waals surface area contributed by atoms with E-state index in [0.29, 0.717) is 26.2 Å². The third-order valence-electron chi connectivity index (χ3n) is 4.84. The highest BCUT2D eigenvalue weighted by Crippen LogP contribution is 2.18. The van der Waals surface area contributed by atoms with Crippen molar-refractivity contribution in [3.05, 3.63) is 95.1 Å². The van der Waals surface area contributed by atoms with Crippen molar-refractivity contribution in [3.63, 3.8) is 0 Å². The van der Waals surface area contributed by atoms with Gasteiger partial charge in [-0.05, 0) is 48.4 Å². The normalized spacial score (nSPS) is 11.3. The van der Waals surface area contributed by atoms with Crippen molar-refractivity contribution < 1.29 is 17.9 Å². The Bertz CT molecular complexity index is 888. The smallest absolute Gasteiger partial charge is 0.130 e. The van der Waals surface area contributed by atoms with Gasteiger partial charge < -0.3 is 9.30 Å². The second-order valence-electron chi connectivity index (χ2n) is 7.01. The van der Waals surface area contributed by atoms with Crippen LogP contribution in [0, 0.1) is 17.5 Å². The second kappa shape index (κ2) is 10.3. The van der Waals surface area contributed by atoms with Gasteiger partial charge in [0.05, 0.1) is 0 Å². The summed E-state index contributed by atoms with van der Waals surface area (Å²) >= 11 is 0. The molecule has 3 aromatic rings. The van der Waals surface area contributed by atoms with Crippen LogP contribution in [0.15, 0.2) is 60.8 Å². The standard InChI is InChI=1S/C23H25F3N2O/c1-29-14-4-12-27(17-21-22(25)6-2-7-23(21)26)16-20-5-3-13-28(20)15-18-8-10-19(24)11-9-18/h2-3,5-11,13H,4,12,14-17H2,1H3. The summed E-state index contributed by atoms with van der Waals surface area (Å²) in [6.45, 7) is 2.52. The largest absolute Gasteiger partial charge is 0.385 e. The fourth-order valence-corrected chi connectivity index (χ4v) is 3.32. The van der Waals surface area contributed by atoms with Crippen LogP contribution in [0.25, 0.3) is 0 Å². The van der Waals surface area contributed by atoms with Gasteiger partial charge in [0.2, 0.25) is 0 Å². The van der Waals surface area contributed by atoms with E-state index in [1.807, 2.05) is 23.2 Å². The van der Waals surface area contributed by atoms with E-state index in [4.69, 9.17) is 4.74 Å². The van der Waals surface area contributed by atoms with Crippen LogP contribution >= 0.6 is 0 Å². The number of methoxy groups -OCH3 is 1. The van der Waals surface area contributed by atoms with Crippen LogP contribution in [-0.2, 0) is 24.4 Å².